The van der Waals surface area contributed by atoms with Crippen molar-refractivity contribution in [2.75, 3.05) is 5.32 Å². The van der Waals surface area contributed by atoms with E-state index >= 15 is 0 Å². The van der Waals surface area contributed by atoms with Gasteiger partial charge in [0.25, 0.3) is 5.91 Å². The number of tetrazole rings is 1. The van der Waals surface area contributed by atoms with Crippen molar-refractivity contribution in [1.82, 2.24) is 35.2 Å². The van der Waals surface area contributed by atoms with Gasteiger partial charge in [-0.15, -0.1) is 10.2 Å². The summed E-state index contributed by atoms with van der Waals surface area (Å²) < 4.78 is 1.42. The quantitative estimate of drug-likeness (QED) is 0.722. The van der Waals surface area contributed by atoms with Crippen molar-refractivity contribution in [3.8, 4) is 0 Å². The lowest BCUT2D eigenvalue weighted by Gasteiger charge is -2.01. The first kappa shape index (κ1) is 12.2. The Morgan fingerprint density at radius 3 is 3.00 bits per heavy atom. The number of hydrogen-bond acceptors (Lipinski definition) is 6. The summed E-state index contributed by atoms with van der Waals surface area (Å²) in [5, 5.41) is 20.3. The van der Waals surface area contributed by atoms with Gasteiger partial charge in [0.05, 0.1) is 5.56 Å². The normalized spacial score (nSPS) is 11.2. The Balaban J connectivity index is 1.80. The molecular formula is C11H12N8O. The van der Waals surface area contributed by atoms with Crippen LogP contribution in [0.3, 0.4) is 0 Å². The van der Waals surface area contributed by atoms with Gasteiger partial charge in [0, 0.05) is 12.1 Å². The van der Waals surface area contributed by atoms with Crippen LogP contribution in [0, 0.1) is 0 Å². The van der Waals surface area contributed by atoms with Crippen LogP contribution in [0.2, 0.25) is 0 Å². The van der Waals surface area contributed by atoms with E-state index in [4.69, 9.17) is 0 Å². The number of carbonyl (C=O) groups excluding carboxylic acids is 1. The molecule has 0 unspecified atom stereocenters. The second kappa shape index (κ2) is 4.68. The molecule has 0 saturated carbocycles. The molecule has 0 spiro atoms. The van der Waals surface area contributed by atoms with Crippen molar-refractivity contribution in [2.45, 2.75) is 19.8 Å². The van der Waals surface area contributed by atoms with E-state index in [2.05, 4.69) is 36.0 Å². The van der Waals surface area contributed by atoms with Crippen LogP contribution in [0.5, 0.6) is 0 Å². The van der Waals surface area contributed by atoms with E-state index in [0.29, 0.717) is 11.2 Å². The summed E-state index contributed by atoms with van der Waals surface area (Å²) >= 11 is 0. The lowest BCUT2D eigenvalue weighted by atomic mass is 10.2. The number of nitrogens with one attached hydrogen (secondary N) is 2. The summed E-state index contributed by atoms with van der Waals surface area (Å²) in [5.74, 6) is 0.856. The minimum absolute atomic E-state index is 0.214. The maximum absolute atomic E-state index is 12.1. The largest absolute Gasteiger partial charge is 0.289 e. The molecule has 0 bridgehead atoms. The van der Waals surface area contributed by atoms with Gasteiger partial charge < -0.3 is 0 Å². The zero-order valence-electron chi connectivity index (χ0n) is 10.9. The van der Waals surface area contributed by atoms with Crippen molar-refractivity contribution < 1.29 is 4.79 Å². The Labute approximate surface area is 113 Å². The van der Waals surface area contributed by atoms with E-state index in [9.17, 15) is 4.79 Å². The van der Waals surface area contributed by atoms with Crippen LogP contribution < -0.4 is 5.32 Å². The fraction of sp³-hybridized carbons (Fsp3) is 0.273. The topological polar surface area (TPSA) is 114 Å². The number of pyridine rings is 1. The number of amides is 1. The molecule has 0 atom stereocenters. The third kappa shape index (κ3) is 2.20. The van der Waals surface area contributed by atoms with Crippen molar-refractivity contribution in [3.05, 3.63) is 29.7 Å². The number of carbonyl (C=O) groups is 1. The molecule has 9 heteroatoms. The molecule has 2 N–H and O–H groups in total. The van der Waals surface area contributed by atoms with Crippen LogP contribution in [0.4, 0.5) is 5.95 Å². The smallest absolute Gasteiger partial charge is 0.259 e. The Kier molecular flexibility index (Phi) is 2.86. The minimum atomic E-state index is -0.322. The van der Waals surface area contributed by atoms with E-state index in [1.54, 1.807) is 18.3 Å². The van der Waals surface area contributed by atoms with Crippen LogP contribution in [0.1, 0.15) is 35.9 Å². The first-order valence-electron chi connectivity index (χ1n) is 6.05. The maximum Gasteiger partial charge on any atom is 0.259 e. The average molecular weight is 272 g/mol. The summed E-state index contributed by atoms with van der Waals surface area (Å²) in [6, 6.07) is 3.30. The summed E-state index contributed by atoms with van der Waals surface area (Å²) in [6.45, 7) is 3.97. The van der Waals surface area contributed by atoms with Crippen molar-refractivity contribution >= 4 is 17.5 Å². The fourth-order valence-electron chi connectivity index (χ4n) is 1.64. The van der Waals surface area contributed by atoms with Crippen molar-refractivity contribution in [1.29, 1.82) is 0 Å². The fourth-order valence-corrected chi connectivity index (χ4v) is 1.64. The highest BCUT2D eigenvalue weighted by Gasteiger charge is 2.12. The maximum atomic E-state index is 12.1. The highest BCUT2D eigenvalue weighted by molar-refractivity contribution is 6.03. The SMILES string of the molecule is CC(C)c1nc(NC(=O)c2ccc3nnnn3c2)n[nH]1. The summed E-state index contributed by atoms with van der Waals surface area (Å²) in [5.41, 5.74) is 0.988. The van der Waals surface area contributed by atoms with Gasteiger partial charge in [-0.05, 0) is 22.6 Å². The summed E-state index contributed by atoms with van der Waals surface area (Å²) in [6.07, 6.45) is 1.54. The van der Waals surface area contributed by atoms with Gasteiger partial charge in [0.2, 0.25) is 5.95 Å². The molecule has 3 aromatic rings. The third-order valence-corrected chi connectivity index (χ3v) is 2.73. The van der Waals surface area contributed by atoms with Crippen molar-refractivity contribution in [2.24, 2.45) is 0 Å². The molecule has 0 fully saturated rings. The Morgan fingerprint density at radius 2 is 2.25 bits per heavy atom. The lowest BCUT2D eigenvalue weighted by molar-refractivity contribution is 0.102. The van der Waals surface area contributed by atoms with Crippen molar-refractivity contribution in [3.63, 3.8) is 0 Å². The number of aromatic amines is 1. The highest BCUT2D eigenvalue weighted by atomic mass is 16.1. The van der Waals surface area contributed by atoms with Crippen LogP contribution >= 0.6 is 0 Å². The molecule has 1 amide bonds. The molecule has 102 valence electrons. The summed E-state index contributed by atoms with van der Waals surface area (Å²) in [4.78, 5) is 16.3. The third-order valence-electron chi connectivity index (χ3n) is 2.73. The standard InChI is InChI=1S/C11H12N8O/c1-6(2)9-12-11(16-15-9)13-10(20)7-3-4-8-14-17-18-19(8)5-7/h3-6H,1-2H3,(H2,12,13,15,16,20). The second-order valence-electron chi connectivity index (χ2n) is 4.55. The molecule has 20 heavy (non-hydrogen) atoms. The Morgan fingerprint density at radius 1 is 1.40 bits per heavy atom. The van der Waals surface area contributed by atoms with E-state index in [-0.39, 0.29) is 17.8 Å². The molecule has 0 aliphatic carbocycles. The van der Waals surface area contributed by atoms with Gasteiger partial charge >= 0.3 is 0 Å². The van der Waals surface area contributed by atoms with Gasteiger partial charge in [0.15, 0.2) is 5.65 Å². The second-order valence-corrected chi connectivity index (χ2v) is 4.55. The summed E-state index contributed by atoms with van der Waals surface area (Å²) in [7, 11) is 0. The van der Waals surface area contributed by atoms with E-state index in [0.717, 1.165) is 5.82 Å². The lowest BCUT2D eigenvalue weighted by Crippen LogP contribution is -2.14. The molecule has 0 saturated heterocycles. The number of hydrogen-bond donors (Lipinski definition) is 2. The number of nitrogens with zero attached hydrogens (tertiary/aromatic N) is 6. The van der Waals surface area contributed by atoms with Crippen LogP contribution in [-0.4, -0.2) is 41.1 Å². The first-order chi connectivity index (χ1) is 9.63. The predicted octanol–water partition coefficient (Wildman–Crippen LogP) is 0.618. The van der Waals surface area contributed by atoms with E-state index in [1.807, 2.05) is 13.8 Å². The highest BCUT2D eigenvalue weighted by Crippen LogP contribution is 2.11. The van der Waals surface area contributed by atoms with E-state index < -0.39 is 0 Å². The van der Waals surface area contributed by atoms with Crippen LogP contribution in [-0.2, 0) is 0 Å². The minimum Gasteiger partial charge on any atom is -0.289 e. The molecular weight excluding hydrogens is 260 g/mol. The van der Waals surface area contributed by atoms with Gasteiger partial charge in [-0.3, -0.25) is 15.2 Å². The van der Waals surface area contributed by atoms with Crippen LogP contribution in [0.15, 0.2) is 18.3 Å². The predicted molar refractivity (Wildman–Crippen MR) is 69.2 cm³/mol. The monoisotopic (exact) mass is 272 g/mol. The average Bonchev–Trinajstić information content (AvgIpc) is 3.05. The molecule has 3 aromatic heterocycles. The van der Waals surface area contributed by atoms with Gasteiger partial charge in [-0.1, -0.05) is 13.8 Å². The number of anilines is 1. The molecule has 0 aromatic carbocycles. The first-order valence-corrected chi connectivity index (χ1v) is 6.05. The van der Waals surface area contributed by atoms with E-state index in [1.165, 1.54) is 4.52 Å². The van der Waals surface area contributed by atoms with Gasteiger partial charge in [-0.2, -0.15) is 9.50 Å². The molecule has 3 heterocycles. The molecule has 0 aliphatic rings. The van der Waals surface area contributed by atoms with Crippen LogP contribution in [0.25, 0.3) is 5.65 Å². The molecule has 3 rings (SSSR count). The van der Waals surface area contributed by atoms with Gasteiger partial charge in [0.1, 0.15) is 5.82 Å². The molecule has 0 radical (unpaired) electrons. The molecule has 0 aliphatic heterocycles. The Hall–Kier alpha value is -2.84. The Bertz CT molecular complexity index is 758. The number of rotatable bonds is 3. The molecule has 9 nitrogen and oxygen atoms in total. The number of aromatic nitrogens is 7. The zero-order chi connectivity index (χ0) is 14.1. The van der Waals surface area contributed by atoms with Gasteiger partial charge in [-0.25, -0.2) is 0 Å². The number of H-pyrrole nitrogens is 1. The number of fused-ring (bicyclic) bond motifs is 1. The zero-order valence-corrected chi connectivity index (χ0v) is 10.9.